The predicted molar refractivity (Wildman–Crippen MR) is 114 cm³/mol. The summed E-state index contributed by atoms with van der Waals surface area (Å²) >= 11 is 5.90. The first-order valence-corrected chi connectivity index (χ1v) is 10.8. The Balaban J connectivity index is 2.12. The SMILES string of the molecule is N#Cc1ccc(CN(C(C(N)=O)c2ccccc2)S(=O)(=O)c2ccc(Cl)cc2)cc1. The number of primary amides is 1. The molecule has 0 aliphatic heterocycles. The van der Waals surface area contributed by atoms with Gasteiger partial charge in [0, 0.05) is 11.6 Å². The van der Waals surface area contributed by atoms with E-state index in [1.165, 1.54) is 24.3 Å². The van der Waals surface area contributed by atoms with E-state index in [9.17, 15) is 13.2 Å². The molecule has 1 unspecified atom stereocenters. The Kier molecular flexibility index (Phi) is 6.53. The molecule has 0 spiro atoms. The summed E-state index contributed by atoms with van der Waals surface area (Å²) in [6.07, 6.45) is 0. The van der Waals surface area contributed by atoms with E-state index < -0.39 is 22.0 Å². The lowest BCUT2D eigenvalue weighted by Crippen LogP contribution is -2.41. The van der Waals surface area contributed by atoms with Crippen LogP contribution in [-0.2, 0) is 21.4 Å². The van der Waals surface area contributed by atoms with Gasteiger partial charge in [0.05, 0.1) is 16.5 Å². The van der Waals surface area contributed by atoms with Crippen LogP contribution in [0.3, 0.4) is 0 Å². The van der Waals surface area contributed by atoms with E-state index in [1.54, 1.807) is 54.6 Å². The lowest BCUT2D eigenvalue weighted by atomic mass is 10.1. The third-order valence-corrected chi connectivity index (χ3v) is 6.59. The molecule has 0 fully saturated rings. The summed E-state index contributed by atoms with van der Waals surface area (Å²) in [6, 6.07) is 21.4. The van der Waals surface area contributed by atoms with Gasteiger partial charge in [-0.3, -0.25) is 4.79 Å². The van der Waals surface area contributed by atoms with Crippen LogP contribution in [0.5, 0.6) is 0 Å². The van der Waals surface area contributed by atoms with Crippen molar-refractivity contribution < 1.29 is 13.2 Å². The third kappa shape index (κ3) is 4.69. The van der Waals surface area contributed by atoms with E-state index in [1.807, 2.05) is 6.07 Å². The zero-order chi connectivity index (χ0) is 21.7. The quantitative estimate of drug-likeness (QED) is 0.606. The number of benzene rings is 3. The van der Waals surface area contributed by atoms with Crippen LogP contribution in [0.25, 0.3) is 0 Å². The lowest BCUT2D eigenvalue weighted by molar-refractivity contribution is -0.122. The van der Waals surface area contributed by atoms with Gasteiger partial charge in [0.15, 0.2) is 0 Å². The van der Waals surface area contributed by atoms with E-state index in [4.69, 9.17) is 22.6 Å². The normalized spacial score (nSPS) is 12.3. The molecule has 1 atom stereocenters. The molecule has 3 aromatic rings. The Labute approximate surface area is 180 Å². The van der Waals surface area contributed by atoms with Gasteiger partial charge >= 0.3 is 0 Å². The van der Waals surface area contributed by atoms with Crippen molar-refractivity contribution in [1.29, 1.82) is 5.26 Å². The van der Waals surface area contributed by atoms with Gasteiger partial charge in [-0.25, -0.2) is 8.42 Å². The van der Waals surface area contributed by atoms with E-state index in [2.05, 4.69) is 0 Å². The van der Waals surface area contributed by atoms with E-state index in [-0.39, 0.29) is 11.4 Å². The Hall–Kier alpha value is -3.18. The number of nitrogens with two attached hydrogens (primary N) is 1. The zero-order valence-corrected chi connectivity index (χ0v) is 17.3. The van der Waals surface area contributed by atoms with Crippen molar-refractivity contribution in [3.8, 4) is 6.07 Å². The summed E-state index contributed by atoms with van der Waals surface area (Å²) in [4.78, 5) is 12.4. The molecule has 3 rings (SSSR count). The maximum absolute atomic E-state index is 13.5. The van der Waals surface area contributed by atoms with Crippen molar-refractivity contribution in [3.63, 3.8) is 0 Å². The average molecular weight is 440 g/mol. The maximum atomic E-state index is 13.5. The molecule has 0 aromatic heterocycles. The number of carbonyl (C=O) groups excluding carboxylic acids is 1. The van der Waals surface area contributed by atoms with E-state index >= 15 is 0 Å². The standard InChI is InChI=1S/C22H18ClN3O3S/c23-19-10-12-20(13-11-19)30(28,29)26(15-17-8-6-16(14-24)7-9-17)21(22(25)27)18-4-2-1-3-5-18/h1-13,21H,15H2,(H2,25,27). The minimum Gasteiger partial charge on any atom is -0.368 e. The van der Waals surface area contributed by atoms with Crippen LogP contribution in [0.15, 0.2) is 83.8 Å². The van der Waals surface area contributed by atoms with E-state index in [0.29, 0.717) is 21.7 Å². The van der Waals surface area contributed by atoms with Gasteiger partial charge in [-0.1, -0.05) is 54.1 Å². The van der Waals surface area contributed by atoms with Crippen molar-refractivity contribution in [2.24, 2.45) is 5.73 Å². The number of nitrogens with zero attached hydrogens (tertiary/aromatic N) is 2. The predicted octanol–water partition coefficient (Wildman–Crippen LogP) is 3.63. The molecule has 0 aliphatic rings. The lowest BCUT2D eigenvalue weighted by Gasteiger charge is -2.29. The monoisotopic (exact) mass is 439 g/mol. The van der Waals surface area contributed by atoms with Crippen LogP contribution in [0.2, 0.25) is 5.02 Å². The summed E-state index contributed by atoms with van der Waals surface area (Å²) in [6.45, 7) is -0.112. The molecule has 152 valence electrons. The summed E-state index contributed by atoms with van der Waals surface area (Å²) in [5.41, 5.74) is 7.16. The molecule has 30 heavy (non-hydrogen) atoms. The van der Waals surface area contributed by atoms with Crippen LogP contribution in [-0.4, -0.2) is 18.6 Å². The van der Waals surface area contributed by atoms with Gasteiger partial charge < -0.3 is 5.73 Å². The number of amides is 1. The van der Waals surface area contributed by atoms with Crippen molar-refractivity contribution in [2.45, 2.75) is 17.5 Å². The number of hydrogen-bond acceptors (Lipinski definition) is 4. The number of nitriles is 1. The fourth-order valence-corrected chi connectivity index (χ4v) is 4.73. The fourth-order valence-electron chi connectivity index (χ4n) is 3.03. The van der Waals surface area contributed by atoms with Crippen molar-refractivity contribution >= 4 is 27.5 Å². The van der Waals surface area contributed by atoms with Gasteiger partial charge in [0.1, 0.15) is 6.04 Å². The Morgan fingerprint density at radius 1 is 1.00 bits per heavy atom. The molecule has 0 aliphatic carbocycles. The molecule has 6 nitrogen and oxygen atoms in total. The van der Waals surface area contributed by atoms with E-state index in [0.717, 1.165) is 4.31 Å². The Morgan fingerprint density at radius 2 is 1.60 bits per heavy atom. The Bertz CT molecular complexity index is 1170. The first-order valence-electron chi connectivity index (χ1n) is 8.93. The molecule has 8 heteroatoms. The number of carbonyl (C=O) groups is 1. The molecular weight excluding hydrogens is 422 g/mol. The smallest absolute Gasteiger partial charge is 0.244 e. The molecular formula is C22H18ClN3O3S. The second kappa shape index (κ2) is 9.09. The first-order chi connectivity index (χ1) is 14.3. The highest BCUT2D eigenvalue weighted by Gasteiger charge is 2.36. The first kappa shape index (κ1) is 21.5. The minimum absolute atomic E-state index is 0.0114. The van der Waals surface area contributed by atoms with Crippen molar-refractivity contribution in [2.75, 3.05) is 0 Å². The molecule has 0 bridgehead atoms. The molecule has 0 saturated carbocycles. The highest BCUT2D eigenvalue weighted by Crippen LogP contribution is 2.30. The highest BCUT2D eigenvalue weighted by atomic mass is 35.5. The number of halogens is 1. The van der Waals surface area contributed by atoms with Gasteiger partial charge in [0.25, 0.3) is 0 Å². The second-order valence-electron chi connectivity index (χ2n) is 6.53. The maximum Gasteiger partial charge on any atom is 0.244 e. The third-order valence-electron chi connectivity index (χ3n) is 4.51. The van der Waals surface area contributed by atoms with Crippen LogP contribution in [0.1, 0.15) is 22.7 Å². The molecule has 0 radical (unpaired) electrons. The van der Waals surface area contributed by atoms with Gasteiger partial charge in [-0.15, -0.1) is 0 Å². The number of hydrogen-bond donors (Lipinski definition) is 1. The minimum atomic E-state index is -4.12. The van der Waals surface area contributed by atoms with Crippen molar-refractivity contribution in [3.05, 3.63) is 101 Å². The van der Waals surface area contributed by atoms with Gasteiger partial charge in [0.2, 0.25) is 15.9 Å². The number of rotatable bonds is 7. The average Bonchev–Trinajstić information content (AvgIpc) is 2.74. The summed E-state index contributed by atoms with van der Waals surface area (Å²) in [7, 11) is -4.12. The molecule has 0 saturated heterocycles. The van der Waals surface area contributed by atoms with Crippen LogP contribution < -0.4 is 5.73 Å². The molecule has 1 amide bonds. The zero-order valence-electron chi connectivity index (χ0n) is 15.8. The number of sulfonamides is 1. The Morgan fingerprint density at radius 3 is 2.13 bits per heavy atom. The summed E-state index contributed by atoms with van der Waals surface area (Å²) in [5, 5.41) is 9.38. The molecule has 3 aromatic carbocycles. The molecule has 0 heterocycles. The largest absolute Gasteiger partial charge is 0.368 e. The fraction of sp³-hybridized carbons (Fsp3) is 0.0909. The summed E-state index contributed by atoms with van der Waals surface area (Å²) < 4.78 is 28.1. The van der Waals surface area contributed by atoms with Crippen LogP contribution in [0, 0.1) is 11.3 Å². The molecule has 2 N–H and O–H groups in total. The van der Waals surface area contributed by atoms with Crippen LogP contribution in [0.4, 0.5) is 0 Å². The van der Waals surface area contributed by atoms with Gasteiger partial charge in [-0.05, 0) is 47.5 Å². The topological polar surface area (TPSA) is 104 Å². The summed E-state index contributed by atoms with van der Waals surface area (Å²) in [5.74, 6) is -0.799. The highest BCUT2D eigenvalue weighted by molar-refractivity contribution is 7.89. The second-order valence-corrected chi connectivity index (χ2v) is 8.86. The van der Waals surface area contributed by atoms with Gasteiger partial charge in [-0.2, -0.15) is 9.57 Å². The van der Waals surface area contributed by atoms with Crippen LogP contribution >= 0.6 is 11.6 Å². The van der Waals surface area contributed by atoms with Crippen molar-refractivity contribution in [1.82, 2.24) is 4.31 Å².